The molecule has 0 bridgehead atoms. The zero-order valence-electron chi connectivity index (χ0n) is 11.3. The second-order valence-electron chi connectivity index (χ2n) is 4.14. The summed E-state index contributed by atoms with van der Waals surface area (Å²) < 4.78 is 4.80. The Morgan fingerprint density at radius 3 is 2.83 bits per heavy atom. The van der Waals surface area contributed by atoms with E-state index in [1.807, 2.05) is 12.1 Å². The normalized spacial score (nSPS) is 12.6. The monoisotopic (exact) mass is 247 g/mol. The van der Waals surface area contributed by atoms with Gasteiger partial charge in [0.1, 0.15) is 0 Å². The molecule has 0 heterocycles. The number of carbonyl (C=O) groups is 1. The molecule has 0 amide bonds. The van der Waals surface area contributed by atoms with Crippen molar-refractivity contribution in [2.45, 2.75) is 26.8 Å². The van der Waals surface area contributed by atoms with Gasteiger partial charge in [-0.2, -0.15) is 0 Å². The molecule has 3 heteroatoms. The maximum atomic E-state index is 11.1. The quantitative estimate of drug-likeness (QED) is 0.620. The van der Waals surface area contributed by atoms with Gasteiger partial charge in [-0.05, 0) is 31.9 Å². The van der Waals surface area contributed by atoms with Gasteiger partial charge in [-0.3, -0.25) is 0 Å². The molecule has 1 N–H and O–H groups in total. The van der Waals surface area contributed by atoms with Crippen LogP contribution in [-0.4, -0.2) is 19.1 Å². The number of hydrogen-bond donors (Lipinski definition) is 1. The van der Waals surface area contributed by atoms with Crippen LogP contribution >= 0.6 is 0 Å². The van der Waals surface area contributed by atoms with Crippen LogP contribution in [0, 0.1) is 6.92 Å². The zero-order valence-corrected chi connectivity index (χ0v) is 11.3. The van der Waals surface area contributed by atoms with Gasteiger partial charge < -0.3 is 10.1 Å². The molecule has 98 valence electrons. The minimum atomic E-state index is -0.289. The van der Waals surface area contributed by atoms with E-state index in [2.05, 4.69) is 31.3 Å². The van der Waals surface area contributed by atoms with E-state index in [0.29, 0.717) is 13.2 Å². The minimum absolute atomic E-state index is 0.262. The topological polar surface area (TPSA) is 38.3 Å². The van der Waals surface area contributed by atoms with E-state index in [0.717, 1.165) is 0 Å². The summed E-state index contributed by atoms with van der Waals surface area (Å²) in [6.07, 6.45) is 3.24. The number of aryl methyl sites for hydroxylation is 1. The molecule has 18 heavy (non-hydrogen) atoms. The molecular weight excluding hydrogens is 226 g/mol. The lowest BCUT2D eigenvalue weighted by Gasteiger charge is -2.15. The molecule has 1 atom stereocenters. The van der Waals surface area contributed by atoms with E-state index in [1.165, 1.54) is 17.2 Å². The van der Waals surface area contributed by atoms with Crippen molar-refractivity contribution >= 4 is 5.97 Å². The van der Waals surface area contributed by atoms with E-state index < -0.39 is 0 Å². The largest absolute Gasteiger partial charge is 0.463 e. The number of ether oxygens (including phenoxy) is 1. The first-order chi connectivity index (χ1) is 8.65. The highest BCUT2D eigenvalue weighted by atomic mass is 16.5. The molecule has 1 aromatic rings. The third-order valence-corrected chi connectivity index (χ3v) is 2.74. The molecule has 0 aliphatic heterocycles. The van der Waals surface area contributed by atoms with E-state index in [4.69, 9.17) is 4.74 Å². The molecule has 1 aromatic carbocycles. The van der Waals surface area contributed by atoms with Crippen LogP contribution in [-0.2, 0) is 9.53 Å². The molecule has 0 aliphatic rings. The second-order valence-corrected chi connectivity index (χ2v) is 4.14. The summed E-state index contributed by atoms with van der Waals surface area (Å²) >= 11 is 0. The van der Waals surface area contributed by atoms with E-state index in [9.17, 15) is 4.79 Å². The van der Waals surface area contributed by atoms with Crippen LogP contribution in [0.25, 0.3) is 0 Å². The highest BCUT2D eigenvalue weighted by molar-refractivity contribution is 5.81. The number of carbonyl (C=O) groups excluding carboxylic acids is 1. The SMILES string of the molecule is CCOC(=O)/C=C/CNC(C)c1ccccc1C. The van der Waals surface area contributed by atoms with Gasteiger partial charge >= 0.3 is 5.97 Å². The maximum absolute atomic E-state index is 11.1. The Bertz CT molecular complexity index is 413. The van der Waals surface area contributed by atoms with Crippen LogP contribution in [0.2, 0.25) is 0 Å². The highest BCUT2D eigenvalue weighted by Gasteiger charge is 2.05. The lowest BCUT2D eigenvalue weighted by molar-refractivity contribution is -0.137. The molecule has 1 unspecified atom stereocenters. The van der Waals surface area contributed by atoms with Crippen LogP contribution in [0.1, 0.15) is 31.0 Å². The fraction of sp³-hybridized carbons (Fsp3) is 0.400. The third-order valence-electron chi connectivity index (χ3n) is 2.74. The van der Waals surface area contributed by atoms with Gasteiger partial charge in [0.2, 0.25) is 0 Å². The summed E-state index contributed by atoms with van der Waals surface area (Å²) in [7, 11) is 0. The van der Waals surface area contributed by atoms with Crippen molar-refractivity contribution in [3.05, 3.63) is 47.5 Å². The molecule has 3 nitrogen and oxygen atoms in total. The Morgan fingerprint density at radius 1 is 1.44 bits per heavy atom. The molecule has 0 saturated carbocycles. The van der Waals surface area contributed by atoms with Crippen molar-refractivity contribution in [1.82, 2.24) is 5.32 Å². The molecule has 0 saturated heterocycles. The van der Waals surface area contributed by atoms with Crippen molar-refractivity contribution in [2.24, 2.45) is 0 Å². The summed E-state index contributed by atoms with van der Waals surface area (Å²) in [5.74, 6) is -0.289. The van der Waals surface area contributed by atoms with Crippen LogP contribution < -0.4 is 5.32 Å². The Kier molecular flexibility index (Phi) is 6.15. The Balaban J connectivity index is 2.40. The lowest BCUT2D eigenvalue weighted by atomic mass is 10.0. The Labute approximate surface area is 109 Å². The van der Waals surface area contributed by atoms with Gasteiger partial charge in [-0.25, -0.2) is 4.79 Å². The van der Waals surface area contributed by atoms with Crippen LogP contribution in [0.15, 0.2) is 36.4 Å². The Hall–Kier alpha value is -1.61. The Morgan fingerprint density at radius 2 is 2.17 bits per heavy atom. The number of rotatable bonds is 6. The maximum Gasteiger partial charge on any atom is 0.330 e. The predicted molar refractivity (Wildman–Crippen MR) is 73.4 cm³/mol. The first kappa shape index (κ1) is 14.5. The summed E-state index contributed by atoms with van der Waals surface area (Å²) in [4.78, 5) is 11.1. The molecule has 0 spiro atoms. The summed E-state index contributed by atoms with van der Waals surface area (Å²) in [6, 6.07) is 8.55. The van der Waals surface area contributed by atoms with E-state index >= 15 is 0 Å². The van der Waals surface area contributed by atoms with Gasteiger partial charge in [-0.1, -0.05) is 30.3 Å². The van der Waals surface area contributed by atoms with Crippen molar-refractivity contribution in [1.29, 1.82) is 0 Å². The minimum Gasteiger partial charge on any atom is -0.463 e. The van der Waals surface area contributed by atoms with Crippen LogP contribution in [0.4, 0.5) is 0 Å². The number of benzene rings is 1. The summed E-state index contributed by atoms with van der Waals surface area (Å²) in [6.45, 7) is 7.07. The van der Waals surface area contributed by atoms with Crippen LogP contribution in [0.3, 0.4) is 0 Å². The second kappa shape index (κ2) is 7.67. The molecule has 1 rings (SSSR count). The van der Waals surface area contributed by atoms with Crippen LogP contribution in [0.5, 0.6) is 0 Å². The van der Waals surface area contributed by atoms with Crippen molar-refractivity contribution in [3.63, 3.8) is 0 Å². The van der Waals surface area contributed by atoms with E-state index in [-0.39, 0.29) is 12.0 Å². The molecule has 0 radical (unpaired) electrons. The fourth-order valence-electron chi connectivity index (χ4n) is 1.77. The average Bonchev–Trinajstić information content (AvgIpc) is 2.35. The van der Waals surface area contributed by atoms with Gasteiger partial charge in [0, 0.05) is 18.7 Å². The number of hydrogen-bond acceptors (Lipinski definition) is 3. The van der Waals surface area contributed by atoms with Crippen molar-refractivity contribution < 1.29 is 9.53 Å². The average molecular weight is 247 g/mol. The van der Waals surface area contributed by atoms with Crippen molar-refractivity contribution in [2.75, 3.05) is 13.2 Å². The van der Waals surface area contributed by atoms with Gasteiger partial charge in [0.05, 0.1) is 6.61 Å². The third kappa shape index (κ3) is 4.72. The molecule has 0 aliphatic carbocycles. The standard InChI is InChI=1S/C15H21NO2/c1-4-18-15(17)10-7-11-16-13(3)14-9-6-5-8-12(14)2/h5-10,13,16H,4,11H2,1-3H3/b10-7+. The molecule has 0 aromatic heterocycles. The number of nitrogens with one attached hydrogen (secondary N) is 1. The predicted octanol–water partition coefficient (Wildman–Crippen LogP) is 2.76. The zero-order chi connectivity index (χ0) is 13.4. The summed E-state index contributed by atoms with van der Waals surface area (Å²) in [5, 5.41) is 3.34. The smallest absolute Gasteiger partial charge is 0.330 e. The van der Waals surface area contributed by atoms with Gasteiger partial charge in [-0.15, -0.1) is 0 Å². The lowest BCUT2D eigenvalue weighted by Crippen LogP contribution is -2.19. The summed E-state index contributed by atoms with van der Waals surface area (Å²) in [5.41, 5.74) is 2.55. The van der Waals surface area contributed by atoms with Crippen molar-refractivity contribution in [3.8, 4) is 0 Å². The number of esters is 1. The van der Waals surface area contributed by atoms with Gasteiger partial charge in [0.25, 0.3) is 0 Å². The molecule has 0 fully saturated rings. The highest BCUT2D eigenvalue weighted by Crippen LogP contribution is 2.16. The van der Waals surface area contributed by atoms with Gasteiger partial charge in [0.15, 0.2) is 0 Å². The molecular formula is C15H21NO2. The first-order valence-electron chi connectivity index (χ1n) is 6.27. The van der Waals surface area contributed by atoms with E-state index in [1.54, 1.807) is 13.0 Å². The fourth-order valence-corrected chi connectivity index (χ4v) is 1.77. The first-order valence-corrected chi connectivity index (χ1v) is 6.27.